The number of nitrogens with zero attached hydrogens (tertiary/aromatic N) is 1. The van der Waals surface area contributed by atoms with Gasteiger partial charge in [-0.05, 0) is 48.3 Å². The number of ether oxygens (including phenoxy) is 1. The standard InChI is InChI=1S/C16H20N2O.ClH/c1-19-14-3-2-13-11(4-5-16(13)6-7-16)12(14)10-15-17-8-9-18-15;/h2-3H,4-10H2,1H3,(H,17,18);1H. The first-order valence-electron chi connectivity index (χ1n) is 7.29. The van der Waals surface area contributed by atoms with Crippen molar-refractivity contribution in [1.82, 2.24) is 5.32 Å². The predicted molar refractivity (Wildman–Crippen MR) is 83.5 cm³/mol. The van der Waals surface area contributed by atoms with Gasteiger partial charge in [0.2, 0.25) is 0 Å². The summed E-state index contributed by atoms with van der Waals surface area (Å²) < 4.78 is 5.59. The van der Waals surface area contributed by atoms with Gasteiger partial charge in [0, 0.05) is 18.5 Å². The zero-order chi connectivity index (χ0) is 12.9. The van der Waals surface area contributed by atoms with E-state index in [4.69, 9.17) is 4.74 Å². The smallest absolute Gasteiger partial charge is 0.122 e. The van der Waals surface area contributed by atoms with E-state index < -0.39 is 0 Å². The summed E-state index contributed by atoms with van der Waals surface area (Å²) in [5.41, 5.74) is 5.06. The lowest BCUT2D eigenvalue weighted by molar-refractivity contribution is 0.410. The monoisotopic (exact) mass is 292 g/mol. The Hall–Kier alpha value is -1.22. The number of hydrogen-bond donors (Lipinski definition) is 1. The fourth-order valence-electron chi connectivity index (χ4n) is 3.74. The third-order valence-electron chi connectivity index (χ3n) is 4.97. The molecular formula is C16H21ClN2O. The van der Waals surface area contributed by atoms with E-state index in [1.807, 2.05) is 0 Å². The highest BCUT2D eigenvalue weighted by atomic mass is 35.5. The van der Waals surface area contributed by atoms with E-state index in [1.165, 1.54) is 31.2 Å². The zero-order valence-electron chi connectivity index (χ0n) is 11.9. The molecule has 4 rings (SSSR count). The highest BCUT2D eigenvalue weighted by molar-refractivity contribution is 5.87. The lowest BCUT2D eigenvalue weighted by Crippen LogP contribution is -2.21. The first-order chi connectivity index (χ1) is 9.32. The van der Waals surface area contributed by atoms with E-state index >= 15 is 0 Å². The van der Waals surface area contributed by atoms with Crippen LogP contribution in [-0.2, 0) is 18.3 Å². The van der Waals surface area contributed by atoms with Crippen molar-refractivity contribution in [2.75, 3.05) is 20.2 Å². The van der Waals surface area contributed by atoms with Gasteiger partial charge in [-0.3, -0.25) is 4.99 Å². The molecule has 1 aliphatic heterocycles. The van der Waals surface area contributed by atoms with Crippen LogP contribution in [0.1, 0.15) is 36.0 Å². The van der Waals surface area contributed by atoms with Crippen molar-refractivity contribution in [3.63, 3.8) is 0 Å². The normalized spacial score (nSPS) is 20.9. The number of benzene rings is 1. The van der Waals surface area contributed by atoms with E-state index in [9.17, 15) is 0 Å². The van der Waals surface area contributed by atoms with Crippen LogP contribution in [0, 0.1) is 0 Å². The molecule has 20 heavy (non-hydrogen) atoms. The molecule has 0 amide bonds. The predicted octanol–water partition coefficient (Wildman–Crippen LogP) is 2.64. The van der Waals surface area contributed by atoms with Gasteiger partial charge in [0.15, 0.2) is 0 Å². The van der Waals surface area contributed by atoms with Crippen LogP contribution in [0.2, 0.25) is 0 Å². The third-order valence-corrected chi connectivity index (χ3v) is 4.97. The molecule has 1 aromatic carbocycles. The van der Waals surface area contributed by atoms with Gasteiger partial charge in [-0.2, -0.15) is 0 Å². The van der Waals surface area contributed by atoms with Crippen molar-refractivity contribution in [1.29, 1.82) is 0 Å². The van der Waals surface area contributed by atoms with E-state index in [2.05, 4.69) is 22.4 Å². The average molecular weight is 293 g/mol. The highest BCUT2D eigenvalue weighted by Gasteiger charge is 2.49. The summed E-state index contributed by atoms with van der Waals surface area (Å²) in [6, 6.07) is 4.47. The van der Waals surface area contributed by atoms with Gasteiger partial charge < -0.3 is 10.1 Å². The minimum atomic E-state index is 0. The maximum atomic E-state index is 5.59. The van der Waals surface area contributed by atoms with Gasteiger partial charge in [0.05, 0.1) is 13.7 Å². The molecule has 0 radical (unpaired) electrons. The maximum absolute atomic E-state index is 5.59. The topological polar surface area (TPSA) is 33.6 Å². The molecule has 0 bridgehead atoms. The van der Waals surface area contributed by atoms with Gasteiger partial charge >= 0.3 is 0 Å². The van der Waals surface area contributed by atoms with E-state index in [0.717, 1.165) is 31.1 Å². The molecular weight excluding hydrogens is 272 g/mol. The fraction of sp³-hybridized carbons (Fsp3) is 0.562. The van der Waals surface area contributed by atoms with Crippen LogP contribution >= 0.6 is 12.4 Å². The summed E-state index contributed by atoms with van der Waals surface area (Å²) >= 11 is 0. The van der Waals surface area contributed by atoms with Crippen molar-refractivity contribution >= 4 is 18.2 Å². The molecule has 0 saturated heterocycles. The van der Waals surface area contributed by atoms with E-state index in [-0.39, 0.29) is 12.4 Å². The lowest BCUT2D eigenvalue weighted by atomic mass is 9.94. The van der Waals surface area contributed by atoms with Crippen LogP contribution in [0.4, 0.5) is 0 Å². The van der Waals surface area contributed by atoms with E-state index in [0.29, 0.717) is 5.41 Å². The minimum absolute atomic E-state index is 0. The summed E-state index contributed by atoms with van der Waals surface area (Å²) in [4.78, 5) is 4.53. The second-order valence-corrected chi connectivity index (χ2v) is 5.98. The molecule has 3 nitrogen and oxygen atoms in total. The number of rotatable bonds is 3. The summed E-state index contributed by atoms with van der Waals surface area (Å²) in [5.74, 6) is 2.16. The fourth-order valence-corrected chi connectivity index (χ4v) is 3.74. The number of methoxy groups -OCH3 is 1. The number of fused-ring (bicyclic) bond motifs is 2. The molecule has 1 aromatic rings. The number of amidine groups is 1. The van der Waals surface area contributed by atoms with Gasteiger partial charge in [0.25, 0.3) is 0 Å². The van der Waals surface area contributed by atoms with E-state index in [1.54, 1.807) is 18.2 Å². The molecule has 1 fully saturated rings. The largest absolute Gasteiger partial charge is 0.496 e. The first kappa shape index (κ1) is 13.7. The Morgan fingerprint density at radius 2 is 2.15 bits per heavy atom. The van der Waals surface area contributed by atoms with Crippen molar-refractivity contribution < 1.29 is 4.74 Å². The second-order valence-electron chi connectivity index (χ2n) is 5.98. The minimum Gasteiger partial charge on any atom is -0.496 e. The van der Waals surface area contributed by atoms with Crippen LogP contribution in [0.5, 0.6) is 5.75 Å². The van der Waals surface area contributed by atoms with Gasteiger partial charge in [-0.15, -0.1) is 12.4 Å². The summed E-state index contributed by atoms with van der Waals surface area (Å²) in [7, 11) is 1.77. The Kier molecular flexibility index (Phi) is 3.41. The van der Waals surface area contributed by atoms with Gasteiger partial charge in [0.1, 0.15) is 11.6 Å². The summed E-state index contributed by atoms with van der Waals surface area (Å²) in [6.07, 6.45) is 6.22. The van der Waals surface area contributed by atoms with Crippen LogP contribution in [0.15, 0.2) is 17.1 Å². The molecule has 1 saturated carbocycles. The molecule has 2 aliphatic carbocycles. The van der Waals surface area contributed by atoms with Crippen molar-refractivity contribution in [3.05, 3.63) is 28.8 Å². The first-order valence-corrected chi connectivity index (χ1v) is 7.29. The molecule has 1 spiro atoms. The van der Waals surface area contributed by atoms with Crippen molar-refractivity contribution in [2.45, 2.75) is 37.5 Å². The molecule has 0 unspecified atom stereocenters. The molecule has 1 N–H and O–H groups in total. The van der Waals surface area contributed by atoms with Crippen LogP contribution < -0.4 is 10.1 Å². The zero-order valence-corrected chi connectivity index (χ0v) is 12.7. The molecule has 3 aliphatic rings. The molecule has 108 valence electrons. The quantitative estimate of drug-likeness (QED) is 0.929. The summed E-state index contributed by atoms with van der Waals surface area (Å²) in [5, 5.41) is 3.38. The number of aliphatic imine (C=N–C) groups is 1. The maximum Gasteiger partial charge on any atom is 0.122 e. The lowest BCUT2D eigenvalue weighted by Gasteiger charge is -2.15. The summed E-state index contributed by atoms with van der Waals surface area (Å²) in [6.45, 7) is 1.90. The molecule has 0 atom stereocenters. The Balaban J connectivity index is 0.00000121. The molecule has 0 aromatic heterocycles. The average Bonchev–Trinajstić information content (AvgIpc) is 2.85. The van der Waals surface area contributed by atoms with Crippen LogP contribution in [0.3, 0.4) is 0 Å². The Morgan fingerprint density at radius 1 is 1.30 bits per heavy atom. The number of halogens is 1. The van der Waals surface area contributed by atoms with Crippen LogP contribution in [0.25, 0.3) is 0 Å². The Morgan fingerprint density at radius 3 is 2.80 bits per heavy atom. The molecule has 4 heteroatoms. The van der Waals surface area contributed by atoms with Crippen molar-refractivity contribution in [3.8, 4) is 5.75 Å². The number of hydrogen-bond acceptors (Lipinski definition) is 3. The molecule has 1 heterocycles. The van der Waals surface area contributed by atoms with Gasteiger partial charge in [-0.1, -0.05) is 6.07 Å². The third kappa shape index (κ3) is 1.99. The van der Waals surface area contributed by atoms with Crippen molar-refractivity contribution in [2.24, 2.45) is 4.99 Å². The Bertz CT molecular complexity index is 564. The highest BCUT2D eigenvalue weighted by Crippen LogP contribution is 2.57. The van der Waals surface area contributed by atoms with Gasteiger partial charge in [-0.25, -0.2) is 0 Å². The SMILES string of the molecule is COc1ccc2c(c1CC1=NCCN1)CCC21CC1.Cl. The second kappa shape index (κ2) is 4.96. The van der Waals surface area contributed by atoms with Crippen LogP contribution in [-0.4, -0.2) is 26.0 Å². The number of nitrogens with one attached hydrogen (secondary N) is 1. The Labute approximate surface area is 126 Å².